The topological polar surface area (TPSA) is 83.4 Å². The van der Waals surface area contributed by atoms with Gasteiger partial charge in [0.25, 0.3) is 0 Å². The molecule has 0 bridgehead atoms. The molecule has 124 valence electrons. The van der Waals surface area contributed by atoms with Gasteiger partial charge in [0.1, 0.15) is 5.82 Å². The number of carbonyl (C=O) groups excluding carboxylic acids is 1. The molecule has 1 N–H and O–H groups in total. The summed E-state index contributed by atoms with van der Waals surface area (Å²) in [5, 5.41) is 9.15. The van der Waals surface area contributed by atoms with Gasteiger partial charge in [0.05, 0.1) is 11.3 Å². The van der Waals surface area contributed by atoms with Crippen LogP contribution in [0, 0.1) is 6.92 Å². The number of carbonyl (C=O) groups is 2. The van der Waals surface area contributed by atoms with Crippen molar-refractivity contribution < 1.29 is 14.7 Å². The molecule has 1 aromatic heterocycles. The van der Waals surface area contributed by atoms with Crippen LogP contribution in [0.4, 0.5) is 0 Å². The second kappa shape index (κ2) is 6.39. The number of benzene rings is 1. The highest BCUT2D eigenvalue weighted by Crippen LogP contribution is 2.27. The predicted molar refractivity (Wildman–Crippen MR) is 88.8 cm³/mol. The highest BCUT2D eigenvalue weighted by atomic mass is 16.4. The van der Waals surface area contributed by atoms with E-state index in [1.54, 1.807) is 30.0 Å². The monoisotopic (exact) mass is 325 g/mol. The van der Waals surface area contributed by atoms with Crippen LogP contribution in [-0.4, -0.2) is 44.9 Å². The Hall–Kier alpha value is -2.76. The van der Waals surface area contributed by atoms with Gasteiger partial charge in [-0.15, -0.1) is 0 Å². The van der Waals surface area contributed by atoms with Gasteiger partial charge in [0.2, 0.25) is 5.91 Å². The molecule has 2 aromatic rings. The second-order valence-corrected chi connectivity index (χ2v) is 6.09. The van der Waals surface area contributed by atoms with Crippen molar-refractivity contribution in [3.8, 4) is 11.3 Å². The van der Waals surface area contributed by atoms with Crippen LogP contribution in [0.1, 0.15) is 41.1 Å². The minimum Gasteiger partial charge on any atom is -0.478 e. The van der Waals surface area contributed by atoms with Gasteiger partial charge in [-0.3, -0.25) is 4.79 Å². The minimum absolute atomic E-state index is 0.0690. The largest absolute Gasteiger partial charge is 0.478 e. The summed E-state index contributed by atoms with van der Waals surface area (Å²) in [4.78, 5) is 33.6. The highest BCUT2D eigenvalue weighted by Gasteiger charge is 2.27. The van der Waals surface area contributed by atoms with Crippen LogP contribution in [0.2, 0.25) is 0 Å². The summed E-state index contributed by atoms with van der Waals surface area (Å²) in [6.45, 7) is 4.82. The smallest absolute Gasteiger partial charge is 0.335 e. The number of carboxylic acids is 1. The molecule has 1 fully saturated rings. The van der Waals surface area contributed by atoms with Crippen LogP contribution in [0.3, 0.4) is 0 Å². The zero-order chi connectivity index (χ0) is 17.3. The van der Waals surface area contributed by atoms with Crippen molar-refractivity contribution in [2.45, 2.75) is 26.2 Å². The van der Waals surface area contributed by atoms with Gasteiger partial charge >= 0.3 is 5.97 Å². The lowest BCUT2D eigenvalue weighted by molar-refractivity contribution is -0.127. The molecule has 1 aliphatic heterocycles. The van der Waals surface area contributed by atoms with E-state index in [9.17, 15) is 9.59 Å². The molecular formula is C18H19N3O3. The normalized spacial score (nSPS) is 17.1. The van der Waals surface area contributed by atoms with E-state index in [0.29, 0.717) is 12.2 Å². The maximum Gasteiger partial charge on any atom is 0.335 e. The van der Waals surface area contributed by atoms with Gasteiger partial charge in [0, 0.05) is 37.2 Å². The van der Waals surface area contributed by atoms with E-state index in [1.807, 2.05) is 19.1 Å². The first-order valence-corrected chi connectivity index (χ1v) is 7.89. The Balaban J connectivity index is 1.94. The van der Waals surface area contributed by atoms with Crippen LogP contribution >= 0.6 is 0 Å². The Morgan fingerprint density at radius 1 is 1.25 bits per heavy atom. The van der Waals surface area contributed by atoms with Crippen molar-refractivity contribution in [1.29, 1.82) is 0 Å². The summed E-state index contributed by atoms with van der Waals surface area (Å²) in [5.41, 5.74) is 2.52. The molecule has 6 nitrogen and oxygen atoms in total. The first-order valence-electron chi connectivity index (χ1n) is 7.89. The molecular weight excluding hydrogens is 306 g/mol. The molecule has 0 saturated carbocycles. The fourth-order valence-corrected chi connectivity index (χ4v) is 2.99. The molecule has 3 rings (SSSR count). The lowest BCUT2D eigenvalue weighted by Gasteiger charge is -2.14. The van der Waals surface area contributed by atoms with Crippen molar-refractivity contribution in [2.75, 3.05) is 13.1 Å². The fraction of sp³-hybridized carbons (Fsp3) is 0.333. The number of hydrogen-bond donors (Lipinski definition) is 1. The van der Waals surface area contributed by atoms with E-state index in [2.05, 4.69) is 9.97 Å². The summed E-state index contributed by atoms with van der Waals surface area (Å²) in [5.74, 6) is -0.0556. The third-order valence-electron chi connectivity index (χ3n) is 4.28. The number of aromatic carboxylic acids is 1. The van der Waals surface area contributed by atoms with E-state index >= 15 is 0 Å². The quantitative estimate of drug-likeness (QED) is 0.937. The van der Waals surface area contributed by atoms with E-state index in [4.69, 9.17) is 5.11 Å². The molecule has 6 heteroatoms. The van der Waals surface area contributed by atoms with E-state index in [-0.39, 0.29) is 17.4 Å². The number of carboxylic acid groups (broad SMARTS) is 1. The second-order valence-electron chi connectivity index (χ2n) is 6.09. The van der Waals surface area contributed by atoms with Crippen molar-refractivity contribution in [3.63, 3.8) is 0 Å². The molecule has 0 unspecified atom stereocenters. The lowest BCUT2D eigenvalue weighted by Crippen LogP contribution is -2.25. The lowest BCUT2D eigenvalue weighted by atomic mass is 10.1. The minimum atomic E-state index is -0.962. The third kappa shape index (κ3) is 3.27. The van der Waals surface area contributed by atoms with Gasteiger partial charge in [0.15, 0.2) is 0 Å². The molecule has 0 spiro atoms. The first kappa shape index (κ1) is 16.1. The zero-order valence-corrected chi connectivity index (χ0v) is 13.7. The predicted octanol–water partition coefficient (Wildman–Crippen LogP) is 2.49. The Bertz CT molecular complexity index is 804. The maximum atomic E-state index is 11.5. The van der Waals surface area contributed by atoms with E-state index in [1.165, 1.54) is 0 Å². The van der Waals surface area contributed by atoms with Crippen LogP contribution in [0.25, 0.3) is 11.3 Å². The van der Waals surface area contributed by atoms with Crippen LogP contribution in [0.15, 0.2) is 30.3 Å². The summed E-state index contributed by atoms with van der Waals surface area (Å²) in [7, 11) is 0. The summed E-state index contributed by atoms with van der Waals surface area (Å²) < 4.78 is 0. The van der Waals surface area contributed by atoms with Crippen LogP contribution in [0.5, 0.6) is 0 Å². The molecule has 0 aliphatic carbocycles. The van der Waals surface area contributed by atoms with Crippen molar-refractivity contribution >= 4 is 11.9 Å². The number of likely N-dealkylation sites (tertiary alicyclic amines) is 1. The summed E-state index contributed by atoms with van der Waals surface area (Å²) in [6, 6.07) is 8.58. The van der Waals surface area contributed by atoms with Gasteiger partial charge in [-0.1, -0.05) is 12.1 Å². The van der Waals surface area contributed by atoms with E-state index < -0.39 is 5.97 Å². The Morgan fingerprint density at radius 2 is 2.04 bits per heavy atom. The van der Waals surface area contributed by atoms with Crippen molar-refractivity contribution in [1.82, 2.24) is 14.9 Å². The zero-order valence-electron chi connectivity index (χ0n) is 13.7. The van der Waals surface area contributed by atoms with Crippen molar-refractivity contribution in [2.24, 2.45) is 0 Å². The van der Waals surface area contributed by atoms with Crippen molar-refractivity contribution in [3.05, 3.63) is 47.4 Å². The third-order valence-corrected chi connectivity index (χ3v) is 4.28. The maximum absolute atomic E-state index is 11.5. The molecule has 1 aliphatic rings. The molecule has 2 heterocycles. The molecule has 0 radical (unpaired) electrons. The van der Waals surface area contributed by atoms with E-state index in [0.717, 1.165) is 30.0 Å². The summed E-state index contributed by atoms with van der Waals surface area (Å²) >= 11 is 0. The number of nitrogens with zero attached hydrogens (tertiary/aromatic N) is 3. The van der Waals surface area contributed by atoms with Gasteiger partial charge in [-0.05, 0) is 31.5 Å². The molecule has 1 aromatic carbocycles. The summed E-state index contributed by atoms with van der Waals surface area (Å²) in [6.07, 6.45) is 0.845. The average molecular weight is 325 g/mol. The number of amides is 1. The Kier molecular flexibility index (Phi) is 4.29. The van der Waals surface area contributed by atoms with Crippen LogP contribution < -0.4 is 0 Å². The molecule has 1 atom stereocenters. The Labute approximate surface area is 140 Å². The van der Waals surface area contributed by atoms with Gasteiger partial charge in [-0.25, -0.2) is 14.8 Å². The van der Waals surface area contributed by atoms with Gasteiger partial charge < -0.3 is 10.0 Å². The van der Waals surface area contributed by atoms with Gasteiger partial charge in [-0.2, -0.15) is 0 Å². The molecule has 24 heavy (non-hydrogen) atoms. The molecule has 1 saturated heterocycles. The number of aromatic nitrogens is 2. The number of rotatable bonds is 3. The number of hydrogen-bond acceptors (Lipinski definition) is 4. The highest BCUT2D eigenvalue weighted by molar-refractivity contribution is 5.89. The fourth-order valence-electron chi connectivity index (χ4n) is 2.99. The number of aryl methyl sites for hydroxylation is 1. The average Bonchev–Trinajstić information content (AvgIpc) is 3.05. The SMILES string of the molecule is CC(=O)N1CC[C@@H](c2nc(C)cc(-c3cccc(C(=O)O)c3)n2)C1. The standard InChI is InChI=1S/C18H19N3O3/c1-11-8-16(13-4-3-5-14(9-13)18(23)24)20-17(19-11)15-6-7-21(10-15)12(2)22/h3-5,8-9,15H,6-7,10H2,1-2H3,(H,23,24)/t15-/m1/s1. The first-order chi connectivity index (χ1) is 11.4. The molecule has 1 amide bonds. The van der Waals surface area contributed by atoms with Crippen LogP contribution in [-0.2, 0) is 4.79 Å². The Morgan fingerprint density at radius 3 is 2.71 bits per heavy atom.